The van der Waals surface area contributed by atoms with Crippen LogP contribution in [0.1, 0.15) is 11.7 Å². The Morgan fingerprint density at radius 3 is 2.59 bits per heavy atom. The predicted molar refractivity (Wildman–Crippen MR) is 63.3 cm³/mol. The summed E-state index contributed by atoms with van der Waals surface area (Å²) in [6.07, 6.45) is -0.181. The summed E-state index contributed by atoms with van der Waals surface area (Å²) in [4.78, 5) is 0. The van der Waals surface area contributed by atoms with Gasteiger partial charge in [-0.1, -0.05) is 6.07 Å². The maximum Gasteiger partial charge on any atom is 0.161 e. The van der Waals surface area contributed by atoms with E-state index < -0.39 is 6.67 Å². The molecule has 0 radical (unpaired) electrons. The standard InChI is InChI=1S/C12H18FNO3/c1-15-11-7-9(12(8-14)16-2)3-4-10(11)17-6-5-13/h3-4,7,12H,5-6,8,14H2,1-2H3. The fourth-order valence-electron chi connectivity index (χ4n) is 1.52. The first-order chi connectivity index (χ1) is 8.26. The zero-order valence-electron chi connectivity index (χ0n) is 10.1. The first-order valence-electron chi connectivity index (χ1n) is 5.36. The Morgan fingerprint density at radius 2 is 2.06 bits per heavy atom. The van der Waals surface area contributed by atoms with Crippen LogP contribution < -0.4 is 15.2 Å². The van der Waals surface area contributed by atoms with Gasteiger partial charge in [0.25, 0.3) is 0 Å². The Kier molecular flexibility index (Phi) is 5.72. The quantitative estimate of drug-likeness (QED) is 0.791. The summed E-state index contributed by atoms with van der Waals surface area (Å²) in [6, 6.07) is 5.34. The van der Waals surface area contributed by atoms with Crippen molar-refractivity contribution in [3.05, 3.63) is 23.8 Å². The minimum Gasteiger partial charge on any atom is -0.493 e. The van der Waals surface area contributed by atoms with Gasteiger partial charge in [0, 0.05) is 13.7 Å². The zero-order valence-corrected chi connectivity index (χ0v) is 10.1. The fourth-order valence-corrected chi connectivity index (χ4v) is 1.52. The number of benzene rings is 1. The van der Waals surface area contributed by atoms with Gasteiger partial charge in [-0.05, 0) is 17.7 Å². The van der Waals surface area contributed by atoms with Gasteiger partial charge >= 0.3 is 0 Å². The van der Waals surface area contributed by atoms with E-state index in [0.717, 1.165) is 5.56 Å². The van der Waals surface area contributed by atoms with Crippen LogP contribution in [-0.2, 0) is 4.74 Å². The van der Waals surface area contributed by atoms with E-state index in [1.807, 2.05) is 6.07 Å². The summed E-state index contributed by atoms with van der Waals surface area (Å²) in [5.74, 6) is 1.06. The van der Waals surface area contributed by atoms with Crippen LogP contribution >= 0.6 is 0 Å². The number of rotatable bonds is 7. The van der Waals surface area contributed by atoms with Gasteiger partial charge < -0.3 is 19.9 Å². The molecule has 1 atom stereocenters. The summed E-state index contributed by atoms with van der Waals surface area (Å²) >= 11 is 0. The van der Waals surface area contributed by atoms with E-state index in [0.29, 0.717) is 18.0 Å². The lowest BCUT2D eigenvalue weighted by molar-refractivity contribution is 0.110. The maximum absolute atomic E-state index is 12.0. The first-order valence-corrected chi connectivity index (χ1v) is 5.36. The molecule has 5 heteroatoms. The van der Waals surface area contributed by atoms with Gasteiger partial charge in [-0.25, -0.2) is 4.39 Å². The second-order valence-electron chi connectivity index (χ2n) is 3.41. The summed E-state index contributed by atoms with van der Waals surface area (Å²) in [6.45, 7) is -0.140. The van der Waals surface area contributed by atoms with Gasteiger partial charge in [0.1, 0.15) is 13.3 Å². The minimum absolute atomic E-state index is 0.0142. The Morgan fingerprint density at radius 1 is 1.29 bits per heavy atom. The fraction of sp³-hybridized carbons (Fsp3) is 0.500. The van der Waals surface area contributed by atoms with Gasteiger partial charge in [-0.15, -0.1) is 0 Å². The molecule has 0 fully saturated rings. The van der Waals surface area contributed by atoms with Crippen molar-refractivity contribution < 1.29 is 18.6 Å². The molecule has 0 saturated heterocycles. The lowest BCUT2D eigenvalue weighted by atomic mass is 10.1. The van der Waals surface area contributed by atoms with E-state index in [1.165, 1.54) is 7.11 Å². The molecule has 0 aliphatic heterocycles. The monoisotopic (exact) mass is 243 g/mol. The van der Waals surface area contributed by atoms with E-state index >= 15 is 0 Å². The second kappa shape index (κ2) is 7.09. The van der Waals surface area contributed by atoms with E-state index in [1.54, 1.807) is 19.2 Å². The van der Waals surface area contributed by atoms with Crippen LogP contribution in [0.4, 0.5) is 4.39 Å². The molecule has 0 amide bonds. The van der Waals surface area contributed by atoms with Crippen molar-refractivity contribution >= 4 is 0 Å². The number of nitrogens with two attached hydrogens (primary N) is 1. The van der Waals surface area contributed by atoms with Crippen molar-refractivity contribution in [2.45, 2.75) is 6.10 Å². The molecule has 0 aromatic heterocycles. The summed E-state index contributed by atoms with van der Waals surface area (Å²) in [5.41, 5.74) is 6.48. The number of hydrogen-bond donors (Lipinski definition) is 1. The molecule has 1 unspecified atom stereocenters. The minimum atomic E-state index is -0.533. The smallest absolute Gasteiger partial charge is 0.161 e. The number of hydrogen-bond acceptors (Lipinski definition) is 4. The molecule has 1 rings (SSSR count). The highest BCUT2D eigenvalue weighted by molar-refractivity contribution is 5.43. The van der Waals surface area contributed by atoms with E-state index in [2.05, 4.69) is 0 Å². The van der Waals surface area contributed by atoms with E-state index in [9.17, 15) is 4.39 Å². The van der Waals surface area contributed by atoms with E-state index in [4.69, 9.17) is 19.9 Å². The van der Waals surface area contributed by atoms with Crippen LogP contribution in [0.2, 0.25) is 0 Å². The number of halogens is 1. The van der Waals surface area contributed by atoms with Crippen LogP contribution in [-0.4, -0.2) is 34.0 Å². The SMILES string of the molecule is COc1cc(C(CN)OC)ccc1OCCF. The molecule has 0 saturated carbocycles. The van der Waals surface area contributed by atoms with Crippen molar-refractivity contribution in [3.8, 4) is 11.5 Å². The molecule has 0 spiro atoms. The lowest BCUT2D eigenvalue weighted by Gasteiger charge is -2.16. The Hall–Kier alpha value is -1.33. The van der Waals surface area contributed by atoms with Crippen LogP contribution in [0.5, 0.6) is 11.5 Å². The van der Waals surface area contributed by atoms with Crippen LogP contribution in [0.25, 0.3) is 0 Å². The molecule has 0 aliphatic rings. The third kappa shape index (κ3) is 3.57. The molecule has 0 bridgehead atoms. The molecule has 0 aliphatic carbocycles. The topological polar surface area (TPSA) is 53.7 Å². The van der Waals surface area contributed by atoms with Crippen molar-refractivity contribution in [2.24, 2.45) is 5.73 Å². The molecule has 1 aromatic carbocycles. The highest BCUT2D eigenvalue weighted by Gasteiger charge is 2.12. The Bertz CT molecular complexity index is 343. The molecule has 96 valence electrons. The van der Waals surface area contributed by atoms with Gasteiger partial charge in [0.05, 0.1) is 13.2 Å². The zero-order chi connectivity index (χ0) is 12.7. The van der Waals surface area contributed by atoms with Crippen molar-refractivity contribution in [2.75, 3.05) is 34.0 Å². The molecule has 1 aromatic rings. The second-order valence-corrected chi connectivity index (χ2v) is 3.41. The third-order valence-electron chi connectivity index (χ3n) is 2.39. The summed E-state index contributed by atoms with van der Waals surface area (Å²) < 4.78 is 27.6. The van der Waals surface area contributed by atoms with E-state index in [-0.39, 0.29) is 12.7 Å². The van der Waals surface area contributed by atoms with Gasteiger partial charge in [-0.3, -0.25) is 0 Å². The summed E-state index contributed by atoms with van der Waals surface area (Å²) in [5, 5.41) is 0. The molecule has 17 heavy (non-hydrogen) atoms. The van der Waals surface area contributed by atoms with Crippen LogP contribution in [0.3, 0.4) is 0 Å². The van der Waals surface area contributed by atoms with Crippen LogP contribution in [0.15, 0.2) is 18.2 Å². The van der Waals surface area contributed by atoms with Crippen molar-refractivity contribution in [1.29, 1.82) is 0 Å². The number of methoxy groups -OCH3 is 2. The normalized spacial score (nSPS) is 12.2. The highest BCUT2D eigenvalue weighted by atomic mass is 19.1. The maximum atomic E-state index is 12.0. The number of alkyl halides is 1. The first kappa shape index (κ1) is 13.7. The molecule has 4 nitrogen and oxygen atoms in total. The van der Waals surface area contributed by atoms with Crippen LogP contribution in [0, 0.1) is 0 Å². The third-order valence-corrected chi connectivity index (χ3v) is 2.39. The highest BCUT2D eigenvalue weighted by Crippen LogP contribution is 2.30. The molecule has 0 heterocycles. The predicted octanol–water partition coefficient (Wildman–Crippen LogP) is 1.69. The molecule has 2 N–H and O–H groups in total. The largest absolute Gasteiger partial charge is 0.493 e. The lowest BCUT2D eigenvalue weighted by Crippen LogP contribution is -2.14. The van der Waals surface area contributed by atoms with Crippen molar-refractivity contribution in [1.82, 2.24) is 0 Å². The average Bonchev–Trinajstić information content (AvgIpc) is 2.38. The van der Waals surface area contributed by atoms with Gasteiger partial charge in [0.2, 0.25) is 0 Å². The Labute approximate surface area is 100 Å². The summed E-state index contributed by atoms with van der Waals surface area (Å²) in [7, 11) is 3.13. The average molecular weight is 243 g/mol. The Balaban J connectivity index is 2.90. The van der Waals surface area contributed by atoms with Gasteiger partial charge in [-0.2, -0.15) is 0 Å². The number of ether oxygens (including phenoxy) is 3. The van der Waals surface area contributed by atoms with Crippen molar-refractivity contribution in [3.63, 3.8) is 0 Å². The van der Waals surface area contributed by atoms with Gasteiger partial charge in [0.15, 0.2) is 11.5 Å². The molecular formula is C12H18FNO3. The molecular weight excluding hydrogens is 225 g/mol.